The molecule has 0 aliphatic carbocycles. The zero-order valence-electron chi connectivity index (χ0n) is 7.74. The molecule has 0 bridgehead atoms. The molecular formula is C11H12FNO. The Hall–Kier alpha value is -1.35. The van der Waals surface area contributed by atoms with Gasteiger partial charge in [-0.25, -0.2) is 4.39 Å². The van der Waals surface area contributed by atoms with E-state index < -0.39 is 0 Å². The van der Waals surface area contributed by atoms with Gasteiger partial charge in [0.1, 0.15) is 11.9 Å². The van der Waals surface area contributed by atoms with Crippen LogP contribution in [0.2, 0.25) is 0 Å². The van der Waals surface area contributed by atoms with Crippen LogP contribution in [0.15, 0.2) is 36.2 Å². The molecular weight excluding hydrogens is 181 g/mol. The number of fused-ring (bicyclic) bond motifs is 1. The molecule has 1 heterocycles. The molecule has 1 atom stereocenters. The summed E-state index contributed by atoms with van der Waals surface area (Å²) in [4.78, 5) is 0. The molecule has 0 saturated heterocycles. The maximum atomic E-state index is 12.4. The summed E-state index contributed by atoms with van der Waals surface area (Å²) in [5, 5.41) is 0. The SMILES string of the molecule is NCC(=CF)C1Cc2ccccc2O1. The lowest BCUT2D eigenvalue weighted by atomic mass is 10.1. The van der Waals surface area contributed by atoms with E-state index in [9.17, 15) is 4.39 Å². The number of nitrogens with two attached hydrogens (primary N) is 1. The van der Waals surface area contributed by atoms with Crippen LogP contribution in [-0.4, -0.2) is 12.6 Å². The van der Waals surface area contributed by atoms with E-state index in [2.05, 4.69) is 0 Å². The molecule has 1 aliphatic rings. The van der Waals surface area contributed by atoms with Gasteiger partial charge in [0.2, 0.25) is 0 Å². The fourth-order valence-corrected chi connectivity index (χ4v) is 1.64. The van der Waals surface area contributed by atoms with Crippen molar-refractivity contribution < 1.29 is 9.13 Å². The average molecular weight is 193 g/mol. The number of hydrogen-bond acceptors (Lipinski definition) is 2. The topological polar surface area (TPSA) is 35.2 Å². The zero-order chi connectivity index (χ0) is 9.97. The van der Waals surface area contributed by atoms with Gasteiger partial charge in [0, 0.05) is 18.5 Å². The van der Waals surface area contributed by atoms with Crippen molar-refractivity contribution in [3.63, 3.8) is 0 Å². The lowest BCUT2D eigenvalue weighted by molar-refractivity contribution is 0.266. The van der Waals surface area contributed by atoms with Crippen molar-refractivity contribution in [1.29, 1.82) is 0 Å². The van der Waals surface area contributed by atoms with Crippen LogP contribution in [0.4, 0.5) is 4.39 Å². The molecule has 2 N–H and O–H groups in total. The van der Waals surface area contributed by atoms with Gasteiger partial charge in [-0.15, -0.1) is 0 Å². The molecule has 0 spiro atoms. The Morgan fingerprint density at radius 2 is 2.36 bits per heavy atom. The van der Waals surface area contributed by atoms with Crippen molar-refractivity contribution >= 4 is 0 Å². The third-order valence-corrected chi connectivity index (χ3v) is 2.44. The zero-order valence-corrected chi connectivity index (χ0v) is 7.74. The smallest absolute Gasteiger partial charge is 0.128 e. The second-order valence-corrected chi connectivity index (χ2v) is 3.31. The van der Waals surface area contributed by atoms with Crippen molar-refractivity contribution in [2.24, 2.45) is 5.73 Å². The molecule has 0 fully saturated rings. The molecule has 1 aromatic rings. The van der Waals surface area contributed by atoms with Crippen LogP contribution in [0.25, 0.3) is 0 Å². The molecule has 0 saturated carbocycles. The first-order valence-corrected chi connectivity index (χ1v) is 4.59. The molecule has 1 unspecified atom stereocenters. The van der Waals surface area contributed by atoms with Gasteiger partial charge < -0.3 is 10.5 Å². The summed E-state index contributed by atoms with van der Waals surface area (Å²) in [6, 6.07) is 7.73. The monoisotopic (exact) mass is 193 g/mol. The van der Waals surface area contributed by atoms with E-state index in [1.165, 1.54) is 0 Å². The van der Waals surface area contributed by atoms with Crippen molar-refractivity contribution in [1.82, 2.24) is 0 Å². The molecule has 0 amide bonds. The largest absolute Gasteiger partial charge is 0.485 e. The summed E-state index contributed by atoms with van der Waals surface area (Å²) < 4.78 is 18.0. The minimum Gasteiger partial charge on any atom is -0.485 e. The van der Waals surface area contributed by atoms with Crippen molar-refractivity contribution in [2.45, 2.75) is 12.5 Å². The van der Waals surface area contributed by atoms with Crippen LogP contribution < -0.4 is 10.5 Å². The highest BCUT2D eigenvalue weighted by Crippen LogP contribution is 2.30. The second kappa shape index (κ2) is 3.80. The van der Waals surface area contributed by atoms with Gasteiger partial charge in [-0.2, -0.15) is 0 Å². The second-order valence-electron chi connectivity index (χ2n) is 3.31. The lowest BCUT2D eigenvalue weighted by Gasteiger charge is -2.11. The molecule has 0 radical (unpaired) electrons. The Bertz CT molecular complexity index is 337. The summed E-state index contributed by atoms with van der Waals surface area (Å²) in [5.41, 5.74) is 7.04. The van der Waals surface area contributed by atoms with Gasteiger partial charge in [-0.3, -0.25) is 0 Å². The number of halogens is 1. The molecule has 0 aromatic heterocycles. The third-order valence-electron chi connectivity index (χ3n) is 2.44. The molecule has 2 rings (SSSR count). The van der Waals surface area contributed by atoms with E-state index in [-0.39, 0.29) is 12.6 Å². The third kappa shape index (κ3) is 1.51. The first-order chi connectivity index (χ1) is 6.85. The predicted octanol–water partition coefficient (Wildman–Crippen LogP) is 1.80. The minimum atomic E-state index is -0.220. The molecule has 1 aromatic carbocycles. The van der Waals surface area contributed by atoms with Crippen LogP contribution in [0.3, 0.4) is 0 Å². The van der Waals surface area contributed by atoms with Gasteiger partial charge in [0.05, 0.1) is 6.33 Å². The maximum absolute atomic E-state index is 12.4. The highest BCUT2D eigenvalue weighted by molar-refractivity contribution is 5.39. The summed E-state index contributed by atoms with van der Waals surface area (Å²) in [7, 11) is 0. The fourth-order valence-electron chi connectivity index (χ4n) is 1.64. The normalized spacial score (nSPS) is 20.4. The lowest BCUT2D eigenvalue weighted by Crippen LogP contribution is -2.21. The number of ether oxygens (including phenoxy) is 1. The van der Waals surface area contributed by atoms with Crippen LogP contribution in [0.1, 0.15) is 5.56 Å². The fraction of sp³-hybridized carbons (Fsp3) is 0.273. The highest BCUT2D eigenvalue weighted by atomic mass is 19.1. The number of hydrogen-bond donors (Lipinski definition) is 1. The van der Waals surface area contributed by atoms with Gasteiger partial charge in [-0.1, -0.05) is 18.2 Å². The molecule has 74 valence electrons. The Labute approximate surface area is 82.2 Å². The van der Waals surface area contributed by atoms with E-state index in [0.29, 0.717) is 18.3 Å². The highest BCUT2D eigenvalue weighted by Gasteiger charge is 2.24. The number of para-hydroxylation sites is 1. The van der Waals surface area contributed by atoms with Crippen LogP contribution in [-0.2, 0) is 6.42 Å². The summed E-state index contributed by atoms with van der Waals surface area (Å²) in [6.07, 6.45) is 1.04. The van der Waals surface area contributed by atoms with E-state index in [1.807, 2.05) is 24.3 Å². The van der Waals surface area contributed by atoms with Crippen LogP contribution in [0, 0.1) is 0 Å². The summed E-state index contributed by atoms with van der Waals surface area (Å²) in [6.45, 7) is 0.204. The van der Waals surface area contributed by atoms with Gasteiger partial charge in [-0.05, 0) is 11.6 Å². The maximum Gasteiger partial charge on any atom is 0.128 e. The predicted molar refractivity (Wildman–Crippen MR) is 52.8 cm³/mol. The van der Waals surface area contributed by atoms with E-state index in [1.54, 1.807) is 0 Å². The number of benzene rings is 1. The molecule has 2 nitrogen and oxygen atoms in total. The van der Waals surface area contributed by atoms with Crippen LogP contribution >= 0.6 is 0 Å². The van der Waals surface area contributed by atoms with E-state index in [0.717, 1.165) is 11.3 Å². The van der Waals surface area contributed by atoms with Crippen molar-refractivity contribution in [3.8, 4) is 5.75 Å². The molecule has 1 aliphatic heterocycles. The van der Waals surface area contributed by atoms with Gasteiger partial charge >= 0.3 is 0 Å². The standard InChI is InChI=1S/C11H12FNO/c12-6-9(7-13)11-5-8-3-1-2-4-10(8)14-11/h1-4,6,11H,5,7,13H2. The van der Waals surface area contributed by atoms with Crippen molar-refractivity contribution in [3.05, 3.63) is 41.7 Å². The van der Waals surface area contributed by atoms with Crippen LogP contribution in [0.5, 0.6) is 5.75 Å². The Morgan fingerprint density at radius 3 is 3.00 bits per heavy atom. The van der Waals surface area contributed by atoms with Crippen molar-refractivity contribution in [2.75, 3.05) is 6.54 Å². The van der Waals surface area contributed by atoms with Gasteiger partial charge in [0.25, 0.3) is 0 Å². The number of rotatable bonds is 2. The average Bonchev–Trinajstić information content (AvgIpc) is 2.63. The molecule has 3 heteroatoms. The van der Waals surface area contributed by atoms with Gasteiger partial charge in [0.15, 0.2) is 0 Å². The Balaban J connectivity index is 2.19. The van der Waals surface area contributed by atoms with E-state index >= 15 is 0 Å². The summed E-state index contributed by atoms with van der Waals surface area (Å²) in [5.74, 6) is 0.838. The summed E-state index contributed by atoms with van der Waals surface area (Å²) >= 11 is 0. The quantitative estimate of drug-likeness (QED) is 0.777. The Morgan fingerprint density at radius 1 is 1.57 bits per heavy atom. The van der Waals surface area contributed by atoms with E-state index in [4.69, 9.17) is 10.5 Å². The molecule has 14 heavy (non-hydrogen) atoms. The Kier molecular flexibility index (Phi) is 2.50. The minimum absolute atomic E-state index is 0.204. The first kappa shape index (κ1) is 9.21. The first-order valence-electron chi connectivity index (χ1n) is 4.59.